The van der Waals surface area contributed by atoms with Crippen LogP contribution in [0.4, 0.5) is 17.5 Å². The number of nitrogens with two attached hydrogens (primary N) is 1. The van der Waals surface area contributed by atoms with E-state index >= 15 is 0 Å². The molecular weight excluding hydrogens is 406 g/mol. The summed E-state index contributed by atoms with van der Waals surface area (Å²) in [5.41, 5.74) is 9.41. The molecule has 1 amide bonds. The minimum Gasteiger partial charge on any atom is -0.378 e. The molecule has 3 aromatic rings. The Bertz CT molecular complexity index is 1110. The van der Waals surface area contributed by atoms with Crippen LogP contribution >= 0.6 is 0 Å². The molecule has 1 saturated carbocycles. The molecule has 166 valence electrons. The van der Waals surface area contributed by atoms with Crippen LogP contribution < -0.4 is 16.0 Å². The highest BCUT2D eigenvalue weighted by Gasteiger charge is 2.21. The van der Waals surface area contributed by atoms with Crippen molar-refractivity contribution in [2.45, 2.75) is 32.1 Å². The lowest BCUT2D eigenvalue weighted by Crippen LogP contribution is -2.37. The first-order chi connectivity index (χ1) is 15.7. The summed E-state index contributed by atoms with van der Waals surface area (Å²) in [6.07, 6.45) is 7.16. The number of morpholine rings is 1. The van der Waals surface area contributed by atoms with Gasteiger partial charge in [-0.2, -0.15) is 9.97 Å². The van der Waals surface area contributed by atoms with E-state index in [0.29, 0.717) is 49.0 Å². The molecule has 9 nitrogen and oxygen atoms in total. The van der Waals surface area contributed by atoms with E-state index in [1.54, 1.807) is 6.20 Å². The highest BCUT2D eigenvalue weighted by molar-refractivity contribution is 5.93. The van der Waals surface area contributed by atoms with Gasteiger partial charge in [0.2, 0.25) is 11.9 Å². The molecule has 32 heavy (non-hydrogen) atoms. The zero-order chi connectivity index (χ0) is 21.9. The average Bonchev–Trinajstić information content (AvgIpc) is 2.85. The number of amides is 1. The van der Waals surface area contributed by atoms with Gasteiger partial charge < -0.3 is 20.7 Å². The van der Waals surface area contributed by atoms with Crippen molar-refractivity contribution in [1.29, 1.82) is 0 Å². The SMILES string of the molecule is Nc1nc(N2CCOCC2)c2nc(-c3ccc(NC(=O)C4CCCCC4)cc3)cnc2n1. The van der Waals surface area contributed by atoms with Crippen LogP contribution in [-0.2, 0) is 9.53 Å². The summed E-state index contributed by atoms with van der Waals surface area (Å²) < 4.78 is 5.45. The number of hydrogen-bond donors (Lipinski definition) is 2. The minimum atomic E-state index is 0.118. The van der Waals surface area contributed by atoms with E-state index < -0.39 is 0 Å². The van der Waals surface area contributed by atoms with E-state index in [1.165, 1.54) is 6.42 Å². The van der Waals surface area contributed by atoms with Gasteiger partial charge in [-0.05, 0) is 25.0 Å². The topological polar surface area (TPSA) is 119 Å². The number of benzene rings is 1. The van der Waals surface area contributed by atoms with E-state index in [-0.39, 0.29) is 17.8 Å². The highest BCUT2D eigenvalue weighted by atomic mass is 16.5. The number of aromatic nitrogens is 4. The zero-order valence-electron chi connectivity index (χ0n) is 18.0. The third kappa shape index (κ3) is 4.34. The Morgan fingerprint density at radius 2 is 1.78 bits per heavy atom. The predicted molar refractivity (Wildman–Crippen MR) is 123 cm³/mol. The summed E-state index contributed by atoms with van der Waals surface area (Å²) >= 11 is 0. The maximum atomic E-state index is 12.5. The Hall–Kier alpha value is -3.33. The first kappa shape index (κ1) is 20.6. The fraction of sp³-hybridized carbons (Fsp3) is 0.435. The molecule has 0 radical (unpaired) electrons. The first-order valence-corrected chi connectivity index (χ1v) is 11.2. The van der Waals surface area contributed by atoms with Crippen molar-refractivity contribution in [3.8, 4) is 11.3 Å². The number of nitrogen functional groups attached to an aromatic ring is 1. The molecule has 1 aliphatic carbocycles. The summed E-state index contributed by atoms with van der Waals surface area (Å²) in [7, 11) is 0. The fourth-order valence-corrected chi connectivity index (χ4v) is 4.38. The van der Waals surface area contributed by atoms with Gasteiger partial charge in [-0.25, -0.2) is 9.97 Å². The molecule has 1 aromatic carbocycles. The second-order valence-electron chi connectivity index (χ2n) is 8.33. The van der Waals surface area contributed by atoms with Crippen LogP contribution in [0.25, 0.3) is 22.4 Å². The average molecular weight is 434 g/mol. The lowest BCUT2D eigenvalue weighted by Gasteiger charge is -2.28. The van der Waals surface area contributed by atoms with Crippen molar-refractivity contribution in [2.75, 3.05) is 42.3 Å². The van der Waals surface area contributed by atoms with Crippen LogP contribution in [0.15, 0.2) is 30.5 Å². The zero-order valence-corrected chi connectivity index (χ0v) is 18.0. The minimum absolute atomic E-state index is 0.118. The largest absolute Gasteiger partial charge is 0.378 e. The second-order valence-corrected chi connectivity index (χ2v) is 8.33. The summed E-state index contributed by atoms with van der Waals surface area (Å²) in [6.45, 7) is 2.69. The number of fused-ring (bicyclic) bond motifs is 1. The van der Waals surface area contributed by atoms with Gasteiger partial charge in [-0.1, -0.05) is 31.4 Å². The van der Waals surface area contributed by atoms with Crippen molar-refractivity contribution >= 4 is 34.5 Å². The van der Waals surface area contributed by atoms with E-state index in [9.17, 15) is 4.79 Å². The Morgan fingerprint density at radius 1 is 1.03 bits per heavy atom. The lowest BCUT2D eigenvalue weighted by molar-refractivity contribution is -0.120. The van der Waals surface area contributed by atoms with Crippen molar-refractivity contribution < 1.29 is 9.53 Å². The summed E-state index contributed by atoms with van der Waals surface area (Å²) in [5.74, 6) is 1.11. The molecule has 2 fully saturated rings. The number of nitrogens with zero attached hydrogens (tertiary/aromatic N) is 5. The Kier molecular flexibility index (Phi) is 5.81. The summed E-state index contributed by atoms with van der Waals surface area (Å²) in [5, 5.41) is 3.05. The number of ether oxygens (including phenoxy) is 1. The van der Waals surface area contributed by atoms with Gasteiger partial charge in [0, 0.05) is 30.3 Å². The third-order valence-electron chi connectivity index (χ3n) is 6.14. The third-order valence-corrected chi connectivity index (χ3v) is 6.14. The van der Waals surface area contributed by atoms with Gasteiger partial charge in [0.1, 0.15) is 0 Å². The monoisotopic (exact) mass is 433 g/mol. The van der Waals surface area contributed by atoms with Gasteiger partial charge in [0.05, 0.1) is 25.1 Å². The van der Waals surface area contributed by atoms with Gasteiger partial charge in [0.15, 0.2) is 17.0 Å². The number of anilines is 3. The van der Waals surface area contributed by atoms with E-state index in [2.05, 4.69) is 25.2 Å². The van der Waals surface area contributed by atoms with E-state index in [1.807, 2.05) is 24.3 Å². The number of carbonyl (C=O) groups excluding carboxylic acids is 1. The molecule has 1 saturated heterocycles. The van der Waals surface area contributed by atoms with Crippen molar-refractivity contribution in [3.63, 3.8) is 0 Å². The maximum Gasteiger partial charge on any atom is 0.227 e. The van der Waals surface area contributed by atoms with Crippen LogP contribution in [0.3, 0.4) is 0 Å². The van der Waals surface area contributed by atoms with E-state index in [0.717, 1.165) is 36.9 Å². The van der Waals surface area contributed by atoms with Gasteiger partial charge in [-0.3, -0.25) is 4.79 Å². The summed E-state index contributed by atoms with van der Waals surface area (Å²) in [4.78, 5) is 32.6. The quantitative estimate of drug-likeness (QED) is 0.644. The van der Waals surface area contributed by atoms with E-state index in [4.69, 9.17) is 15.5 Å². The number of rotatable bonds is 4. The van der Waals surface area contributed by atoms with Gasteiger partial charge >= 0.3 is 0 Å². The lowest BCUT2D eigenvalue weighted by atomic mass is 9.88. The number of nitrogens with one attached hydrogen (secondary N) is 1. The molecular formula is C23H27N7O2. The maximum absolute atomic E-state index is 12.5. The molecule has 2 aliphatic rings. The standard InChI is InChI=1S/C23H27N7O2/c24-23-28-20-19(21(29-23)30-10-12-32-13-11-30)27-18(14-25-20)15-6-8-17(9-7-15)26-22(31)16-4-2-1-3-5-16/h6-9,14,16H,1-5,10-13H2,(H,26,31)(H2,24,25,28,29). The molecule has 0 bridgehead atoms. The molecule has 9 heteroatoms. The summed E-state index contributed by atoms with van der Waals surface area (Å²) in [6, 6.07) is 7.70. The molecule has 0 atom stereocenters. The fourth-order valence-electron chi connectivity index (χ4n) is 4.38. The molecule has 0 unspecified atom stereocenters. The van der Waals surface area contributed by atoms with Gasteiger partial charge in [0.25, 0.3) is 0 Å². The highest BCUT2D eigenvalue weighted by Crippen LogP contribution is 2.28. The van der Waals surface area contributed by atoms with Crippen molar-refractivity contribution in [3.05, 3.63) is 30.5 Å². The number of carbonyl (C=O) groups is 1. The van der Waals surface area contributed by atoms with Crippen LogP contribution in [-0.4, -0.2) is 52.1 Å². The van der Waals surface area contributed by atoms with Crippen molar-refractivity contribution in [2.24, 2.45) is 5.92 Å². The first-order valence-electron chi connectivity index (χ1n) is 11.2. The smallest absolute Gasteiger partial charge is 0.227 e. The van der Waals surface area contributed by atoms with Crippen LogP contribution in [0, 0.1) is 5.92 Å². The van der Waals surface area contributed by atoms with Crippen molar-refractivity contribution in [1.82, 2.24) is 19.9 Å². The molecule has 1 aliphatic heterocycles. The predicted octanol–water partition coefficient (Wildman–Crippen LogP) is 3.02. The molecule has 0 spiro atoms. The molecule has 3 heterocycles. The Labute approximate surface area is 186 Å². The normalized spacial score (nSPS) is 17.4. The van der Waals surface area contributed by atoms with Crippen LogP contribution in [0.2, 0.25) is 0 Å². The Morgan fingerprint density at radius 3 is 2.53 bits per heavy atom. The Balaban J connectivity index is 1.39. The molecule has 2 aromatic heterocycles. The number of hydrogen-bond acceptors (Lipinski definition) is 8. The second kappa shape index (κ2) is 9.04. The van der Waals surface area contributed by atoms with Crippen LogP contribution in [0.5, 0.6) is 0 Å². The van der Waals surface area contributed by atoms with Crippen LogP contribution in [0.1, 0.15) is 32.1 Å². The van der Waals surface area contributed by atoms with Gasteiger partial charge in [-0.15, -0.1) is 0 Å². The molecule has 3 N–H and O–H groups in total. The molecule has 5 rings (SSSR count).